The number of carbonyl (C=O) groups is 1. The van der Waals surface area contributed by atoms with E-state index >= 15 is 0 Å². The van der Waals surface area contributed by atoms with E-state index in [9.17, 15) is 9.18 Å². The number of hydrogen-bond donors (Lipinski definition) is 1. The molecular formula is C27H30FN5O3. The minimum absolute atomic E-state index is 0.117. The first-order valence-electron chi connectivity index (χ1n) is 11.8. The number of nitrogens with zero attached hydrogens (tertiary/aromatic N) is 4. The summed E-state index contributed by atoms with van der Waals surface area (Å²) in [6.45, 7) is 5.28. The van der Waals surface area contributed by atoms with Crippen molar-refractivity contribution in [2.75, 3.05) is 20.3 Å². The molecule has 2 aromatic carbocycles. The molecule has 0 fully saturated rings. The van der Waals surface area contributed by atoms with Gasteiger partial charge in [-0.3, -0.25) is 10.2 Å². The quantitative estimate of drug-likeness (QED) is 0.579. The number of hydrogen-bond acceptors (Lipinski definition) is 6. The number of amides is 1. The van der Waals surface area contributed by atoms with Gasteiger partial charge in [-0.1, -0.05) is 18.2 Å². The van der Waals surface area contributed by atoms with Gasteiger partial charge in [0.2, 0.25) is 5.91 Å². The molecule has 0 saturated heterocycles. The van der Waals surface area contributed by atoms with Gasteiger partial charge in [0.05, 0.1) is 31.0 Å². The van der Waals surface area contributed by atoms with Crippen LogP contribution >= 0.6 is 0 Å². The summed E-state index contributed by atoms with van der Waals surface area (Å²) in [4.78, 5) is 20.9. The van der Waals surface area contributed by atoms with Gasteiger partial charge in [0.15, 0.2) is 0 Å². The monoisotopic (exact) mass is 491 g/mol. The fourth-order valence-corrected chi connectivity index (χ4v) is 3.89. The van der Waals surface area contributed by atoms with Gasteiger partial charge in [0.1, 0.15) is 23.9 Å². The Morgan fingerprint density at radius 2 is 2.06 bits per heavy atom. The molecule has 0 aliphatic carbocycles. The van der Waals surface area contributed by atoms with Crippen molar-refractivity contribution in [1.29, 1.82) is 0 Å². The number of methoxy groups -OCH3 is 1. The Kier molecular flexibility index (Phi) is 8.24. The molecule has 1 atom stereocenters. The molecule has 0 spiro atoms. The normalized spacial score (nSPS) is 18.6. The third kappa shape index (κ3) is 6.65. The third-order valence-electron chi connectivity index (χ3n) is 5.79. The molecule has 1 unspecified atom stereocenters. The fourth-order valence-electron chi connectivity index (χ4n) is 3.89. The molecule has 0 bridgehead atoms. The predicted octanol–water partition coefficient (Wildman–Crippen LogP) is 4.08. The zero-order valence-corrected chi connectivity index (χ0v) is 20.6. The van der Waals surface area contributed by atoms with E-state index in [0.717, 1.165) is 22.5 Å². The van der Waals surface area contributed by atoms with Crippen molar-refractivity contribution in [3.63, 3.8) is 0 Å². The van der Waals surface area contributed by atoms with E-state index in [0.29, 0.717) is 31.2 Å². The number of halogens is 1. The Morgan fingerprint density at radius 1 is 1.25 bits per heavy atom. The molecule has 1 aliphatic rings. The SMILES string of the molecule is COc1cc(/C=C2/C=NC(=O)CC(C)N(Cc3ccc(F)cc3)NCCO2)ccc1-n1cnc(C)c1. The van der Waals surface area contributed by atoms with E-state index in [1.807, 2.05) is 53.9 Å². The van der Waals surface area contributed by atoms with E-state index in [2.05, 4.69) is 15.4 Å². The molecule has 0 saturated carbocycles. The molecule has 1 aromatic heterocycles. The van der Waals surface area contributed by atoms with E-state index in [-0.39, 0.29) is 24.2 Å². The van der Waals surface area contributed by atoms with Crippen LogP contribution in [0.2, 0.25) is 0 Å². The predicted molar refractivity (Wildman–Crippen MR) is 136 cm³/mol. The topological polar surface area (TPSA) is 81.0 Å². The van der Waals surface area contributed by atoms with Crippen LogP contribution in [-0.4, -0.2) is 53.0 Å². The Hall–Kier alpha value is -3.82. The van der Waals surface area contributed by atoms with E-state index in [1.165, 1.54) is 18.3 Å². The van der Waals surface area contributed by atoms with Crippen molar-refractivity contribution >= 4 is 18.2 Å². The highest BCUT2D eigenvalue weighted by Crippen LogP contribution is 2.25. The minimum Gasteiger partial charge on any atom is -0.495 e. The van der Waals surface area contributed by atoms with Gasteiger partial charge in [-0.15, -0.1) is 0 Å². The summed E-state index contributed by atoms with van der Waals surface area (Å²) >= 11 is 0. The van der Waals surface area contributed by atoms with Gasteiger partial charge in [0.25, 0.3) is 0 Å². The second-order valence-electron chi connectivity index (χ2n) is 8.62. The lowest BCUT2D eigenvalue weighted by molar-refractivity contribution is -0.119. The first kappa shape index (κ1) is 25.3. The molecule has 2 heterocycles. The van der Waals surface area contributed by atoms with Crippen molar-refractivity contribution in [3.05, 3.63) is 83.4 Å². The van der Waals surface area contributed by atoms with Gasteiger partial charge in [-0.25, -0.2) is 19.4 Å². The lowest BCUT2D eigenvalue weighted by Crippen LogP contribution is -2.45. The van der Waals surface area contributed by atoms with Crippen LogP contribution < -0.4 is 10.2 Å². The Labute approximate surface area is 210 Å². The van der Waals surface area contributed by atoms with Gasteiger partial charge in [0, 0.05) is 31.7 Å². The first-order valence-corrected chi connectivity index (χ1v) is 11.8. The summed E-state index contributed by atoms with van der Waals surface area (Å²) in [5.41, 5.74) is 6.89. The van der Waals surface area contributed by atoms with Crippen LogP contribution in [0.15, 0.2) is 65.7 Å². The van der Waals surface area contributed by atoms with Crippen LogP contribution in [0, 0.1) is 12.7 Å². The molecule has 36 heavy (non-hydrogen) atoms. The fraction of sp³-hybridized carbons (Fsp3) is 0.296. The Morgan fingerprint density at radius 3 is 2.78 bits per heavy atom. The van der Waals surface area contributed by atoms with Crippen LogP contribution in [0.5, 0.6) is 5.75 Å². The van der Waals surface area contributed by atoms with Gasteiger partial charge in [-0.05, 0) is 55.3 Å². The summed E-state index contributed by atoms with van der Waals surface area (Å²) < 4.78 is 26.7. The molecule has 0 radical (unpaired) electrons. The van der Waals surface area contributed by atoms with Gasteiger partial charge >= 0.3 is 0 Å². The Bertz CT molecular complexity index is 1250. The smallest absolute Gasteiger partial charge is 0.247 e. The zero-order valence-electron chi connectivity index (χ0n) is 20.6. The standard InChI is InChI=1S/C27H30FN5O3/c1-19-16-32(18-30-19)25-9-6-22(14-26(25)35-3)13-24-15-29-27(34)12-20(2)33(31-10-11-36-24)17-21-4-7-23(28)8-5-21/h4-9,13-16,18,20,31H,10-12,17H2,1-3H3/b24-13-,29-15?. The highest BCUT2D eigenvalue weighted by Gasteiger charge is 2.18. The summed E-state index contributed by atoms with van der Waals surface area (Å²) in [5, 5.41) is 1.96. The lowest BCUT2D eigenvalue weighted by atomic mass is 10.1. The number of allylic oxidation sites excluding steroid dienone is 1. The summed E-state index contributed by atoms with van der Waals surface area (Å²) in [6.07, 6.45) is 7.17. The van der Waals surface area contributed by atoms with E-state index in [1.54, 1.807) is 25.6 Å². The van der Waals surface area contributed by atoms with Crippen LogP contribution in [0.1, 0.15) is 30.2 Å². The Balaban J connectivity index is 1.49. The van der Waals surface area contributed by atoms with Gasteiger partial charge in [-0.2, -0.15) is 0 Å². The van der Waals surface area contributed by atoms with E-state index in [4.69, 9.17) is 9.47 Å². The number of rotatable bonds is 5. The number of ether oxygens (including phenoxy) is 2. The molecule has 188 valence electrons. The number of carbonyl (C=O) groups excluding carboxylic acids is 1. The maximum Gasteiger partial charge on any atom is 0.247 e. The summed E-state index contributed by atoms with van der Waals surface area (Å²) in [6, 6.07) is 12.0. The molecule has 1 amide bonds. The summed E-state index contributed by atoms with van der Waals surface area (Å²) in [7, 11) is 1.62. The molecule has 9 heteroatoms. The molecule has 4 rings (SSSR count). The zero-order chi connectivity index (χ0) is 25.5. The van der Waals surface area contributed by atoms with Crippen molar-refractivity contribution in [2.24, 2.45) is 4.99 Å². The summed E-state index contributed by atoms with van der Waals surface area (Å²) in [5.74, 6) is 0.614. The number of nitrogens with one attached hydrogen (secondary N) is 1. The molecule has 8 nitrogen and oxygen atoms in total. The average Bonchev–Trinajstić information content (AvgIpc) is 3.29. The van der Waals surface area contributed by atoms with Crippen molar-refractivity contribution in [3.8, 4) is 11.4 Å². The number of benzene rings is 2. The van der Waals surface area contributed by atoms with Crippen molar-refractivity contribution in [2.45, 2.75) is 32.9 Å². The molecule has 3 aromatic rings. The number of aryl methyl sites for hydroxylation is 1. The largest absolute Gasteiger partial charge is 0.495 e. The van der Waals surface area contributed by atoms with Gasteiger partial charge < -0.3 is 14.0 Å². The van der Waals surface area contributed by atoms with Crippen molar-refractivity contribution < 1.29 is 18.7 Å². The number of aromatic nitrogens is 2. The lowest BCUT2D eigenvalue weighted by Gasteiger charge is -2.29. The molecule has 1 N–H and O–H groups in total. The highest BCUT2D eigenvalue weighted by molar-refractivity contribution is 5.93. The molecule has 1 aliphatic heterocycles. The van der Waals surface area contributed by atoms with Crippen LogP contribution in [0.25, 0.3) is 11.8 Å². The van der Waals surface area contributed by atoms with E-state index < -0.39 is 0 Å². The number of imidazole rings is 1. The van der Waals surface area contributed by atoms with Crippen LogP contribution in [0.4, 0.5) is 4.39 Å². The second kappa shape index (κ2) is 11.7. The second-order valence-corrected chi connectivity index (χ2v) is 8.62. The van der Waals surface area contributed by atoms with Crippen LogP contribution in [-0.2, 0) is 16.1 Å². The minimum atomic E-state index is -0.279. The highest BCUT2D eigenvalue weighted by atomic mass is 19.1. The van der Waals surface area contributed by atoms with Crippen molar-refractivity contribution in [1.82, 2.24) is 20.0 Å². The third-order valence-corrected chi connectivity index (χ3v) is 5.79. The number of hydrazine groups is 1. The first-order chi connectivity index (χ1) is 17.4. The average molecular weight is 492 g/mol. The molecular weight excluding hydrogens is 461 g/mol. The number of aliphatic imine (C=N–C) groups is 1. The maximum absolute atomic E-state index is 13.3. The maximum atomic E-state index is 13.3. The van der Waals surface area contributed by atoms with Crippen LogP contribution in [0.3, 0.4) is 0 Å².